The van der Waals surface area contributed by atoms with Crippen molar-refractivity contribution in [1.29, 1.82) is 0 Å². The van der Waals surface area contributed by atoms with Gasteiger partial charge in [0.1, 0.15) is 5.82 Å². The molecule has 1 aromatic heterocycles. The normalized spacial score (nSPS) is 22.2. The highest BCUT2D eigenvalue weighted by Gasteiger charge is 2.30. The number of carbonyl (C=O) groups excluding carboxylic acids is 1. The molecule has 2 rings (SSSR count). The van der Waals surface area contributed by atoms with Crippen molar-refractivity contribution in [1.82, 2.24) is 10.3 Å². The van der Waals surface area contributed by atoms with Gasteiger partial charge in [0.25, 0.3) is 5.91 Å². The fourth-order valence-electron chi connectivity index (χ4n) is 2.35. The van der Waals surface area contributed by atoms with Gasteiger partial charge in [0.05, 0.1) is 5.60 Å². The van der Waals surface area contributed by atoms with Gasteiger partial charge in [-0.2, -0.15) is 0 Å². The molecule has 0 spiro atoms. The van der Waals surface area contributed by atoms with E-state index in [2.05, 4.69) is 10.3 Å². The number of nitrogens with zero attached hydrogens (tertiary/aromatic N) is 1. The lowest BCUT2D eigenvalue weighted by molar-refractivity contribution is 0.0206. The van der Waals surface area contributed by atoms with Gasteiger partial charge in [-0.05, 0) is 37.8 Å². The lowest BCUT2D eigenvalue weighted by Gasteiger charge is -2.23. The zero-order chi connectivity index (χ0) is 14.8. The average Bonchev–Trinajstić information content (AvgIpc) is 2.82. The van der Waals surface area contributed by atoms with Crippen molar-refractivity contribution < 1.29 is 9.53 Å². The van der Waals surface area contributed by atoms with Gasteiger partial charge in [0, 0.05) is 24.4 Å². The van der Waals surface area contributed by atoms with Crippen molar-refractivity contribution in [2.75, 3.05) is 18.9 Å². The first kappa shape index (κ1) is 14.8. The molecule has 0 aliphatic carbocycles. The second-order valence-electron chi connectivity index (χ2n) is 5.94. The van der Waals surface area contributed by atoms with Crippen LogP contribution in [0.25, 0.3) is 0 Å². The Labute approximate surface area is 119 Å². The van der Waals surface area contributed by atoms with Crippen molar-refractivity contribution in [3.8, 4) is 0 Å². The van der Waals surface area contributed by atoms with E-state index in [0.717, 1.165) is 25.1 Å². The number of pyridine rings is 1. The zero-order valence-electron chi connectivity index (χ0n) is 12.4. The summed E-state index contributed by atoms with van der Waals surface area (Å²) in [6, 6.07) is 3.41. The maximum absolute atomic E-state index is 12.2. The quantitative estimate of drug-likeness (QED) is 0.883. The molecule has 1 amide bonds. The number of nitrogens with two attached hydrogens (primary N) is 1. The lowest BCUT2D eigenvalue weighted by Crippen LogP contribution is -2.40. The molecule has 1 fully saturated rings. The molecule has 20 heavy (non-hydrogen) atoms. The number of nitrogens with one attached hydrogen (secondary N) is 1. The molecule has 1 aromatic rings. The molecule has 0 radical (unpaired) electrons. The minimum Gasteiger partial charge on any atom is -0.384 e. The number of ether oxygens (including phenoxy) is 1. The van der Waals surface area contributed by atoms with Gasteiger partial charge >= 0.3 is 0 Å². The third-order valence-corrected chi connectivity index (χ3v) is 3.64. The molecule has 0 saturated carbocycles. The summed E-state index contributed by atoms with van der Waals surface area (Å²) in [5, 5.41) is 2.93. The Kier molecular flexibility index (Phi) is 4.28. The Balaban J connectivity index is 2.05. The second kappa shape index (κ2) is 5.79. The van der Waals surface area contributed by atoms with Crippen molar-refractivity contribution in [3.63, 3.8) is 0 Å². The van der Waals surface area contributed by atoms with E-state index in [1.807, 2.05) is 20.8 Å². The molecular formula is C15H23N3O2. The Hall–Kier alpha value is -1.62. The largest absolute Gasteiger partial charge is 0.384 e. The predicted molar refractivity (Wildman–Crippen MR) is 78.7 cm³/mol. The van der Waals surface area contributed by atoms with E-state index < -0.39 is 0 Å². The number of anilines is 1. The fraction of sp³-hybridized carbons (Fsp3) is 0.600. The van der Waals surface area contributed by atoms with Crippen LogP contribution in [0.3, 0.4) is 0 Å². The first-order valence-corrected chi connectivity index (χ1v) is 7.09. The monoisotopic (exact) mass is 277 g/mol. The van der Waals surface area contributed by atoms with Crippen molar-refractivity contribution in [3.05, 3.63) is 23.4 Å². The number of hydrogen-bond acceptors (Lipinski definition) is 4. The minimum atomic E-state index is -0.241. The standard InChI is InChI=1S/C15H23N3O2/c1-10(2)12-7-11(8-13(16)18-12)14(19)17-9-15(3)5-4-6-20-15/h7-8,10H,4-6,9H2,1-3H3,(H2,16,18)(H,17,19). The van der Waals surface area contributed by atoms with Gasteiger partial charge in [-0.1, -0.05) is 13.8 Å². The molecule has 1 unspecified atom stereocenters. The number of rotatable bonds is 4. The molecule has 0 bridgehead atoms. The maximum Gasteiger partial charge on any atom is 0.251 e. The van der Waals surface area contributed by atoms with E-state index in [9.17, 15) is 4.79 Å². The topological polar surface area (TPSA) is 77.2 Å². The van der Waals surface area contributed by atoms with E-state index >= 15 is 0 Å². The lowest BCUT2D eigenvalue weighted by atomic mass is 10.0. The van der Waals surface area contributed by atoms with Crippen LogP contribution in [0.5, 0.6) is 0 Å². The Bertz CT molecular complexity index is 494. The average molecular weight is 277 g/mol. The summed E-state index contributed by atoms with van der Waals surface area (Å²) in [6.07, 6.45) is 2.02. The number of nitrogen functional groups attached to an aromatic ring is 1. The van der Waals surface area contributed by atoms with Crippen LogP contribution in [0, 0.1) is 0 Å². The van der Waals surface area contributed by atoms with Crippen LogP contribution in [0.2, 0.25) is 0 Å². The smallest absolute Gasteiger partial charge is 0.251 e. The predicted octanol–water partition coefficient (Wildman–Crippen LogP) is 2.09. The second-order valence-corrected chi connectivity index (χ2v) is 5.94. The summed E-state index contributed by atoms with van der Waals surface area (Å²) < 4.78 is 5.66. The summed E-state index contributed by atoms with van der Waals surface area (Å²) in [7, 11) is 0. The Morgan fingerprint density at radius 2 is 2.30 bits per heavy atom. The molecule has 1 aliphatic heterocycles. The Morgan fingerprint density at radius 3 is 2.90 bits per heavy atom. The summed E-state index contributed by atoms with van der Waals surface area (Å²) >= 11 is 0. The maximum atomic E-state index is 12.2. The zero-order valence-corrected chi connectivity index (χ0v) is 12.4. The highest BCUT2D eigenvalue weighted by molar-refractivity contribution is 5.95. The Morgan fingerprint density at radius 1 is 1.55 bits per heavy atom. The fourth-order valence-corrected chi connectivity index (χ4v) is 2.35. The van der Waals surface area contributed by atoms with Crippen LogP contribution in [-0.4, -0.2) is 29.6 Å². The van der Waals surface area contributed by atoms with Crippen LogP contribution in [-0.2, 0) is 4.74 Å². The van der Waals surface area contributed by atoms with Gasteiger partial charge in [-0.25, -0.2) is 4.98 Å². The van der Waals surface area contributed by atoms with Crippen molar-refractivity contribution in [2.45, 2.75) is 45.1 Å². The van der Waals surface area contributed by atoms with Gasteiger partial charge in [-0.3, -0.25) is 4.79 Å². The van der Waals surface area contributed by atoms with Crippen LogP contribution in [0.1, 0.15) is 55.6 Å². The molecule has 110 valence electrons. The third-order valence-electron chi connectivity index (χ3n) is 3.64. The molecule has 2 heterocycles. The summed E-state index contributed by atoms with van der Waals surface area (Å²) in [5.74, 6) is 0.489. The first-order chi connectivity index (χ1) is 9.39. The minimum absolute atomic E-state index is 0.127. The first-order valence-electron chi connectivity index (χ1n) is 7.09. The molecule has 3 N–H and O–H groups in total. The molecule has 0 aromatic carbocycles. The van der Waals surface area contributed by atoms with Crippen LogP contribution < -0.4 is 11.1 Å². The molecule has 1 atom stereocenters. The van der Waals surface area contributed by atoms with Crippen LogP contribution in [0.15, 0.2) is 12.1 Å². The molecule has 5 heteroatoms. The molecule has 5 nitrogen and oxygen atoms in total. The van der Waals surface area contributed by atoms with E-state index in [-0.39, 0.29) is 17.4 Å². The van der Waals surface area contributed by atoms with Crippen LogP contribution in [0.4, 0.5) is 5.82 Å². The van der Waals surface area contributed by atoms with Gasteiger partial charge in [-0.15, -0.1) is 0 Å². The highest BCUT2D eigenvalue weighted by atomic mass is 16.5. The summed E-state index contributed by atoms with van der Waals surface area (Å²) in [6.45, 7) is 7.37. The molecule has 1 aliphatic rings. The number of hydrogen-bond donors (Lipinski definition) is 2. The van der Waals surface area contributed by atoms with E-state index in [0.29, 0.717) is 17.9 Å². The SMILES string of the molecule is CC(C)c1cc(C(=O)NCC2(C)CCCO2)cc(N)n1. The van der Waals surface area contributed by atoms with Gasteiger partial charge in [0.2, 0.25) is 0 Å². The highest BCUT2D eigenvalue weighted by Crippen LogP contribution is 2.24. The summed E-state index contributed by atoms with van der Waals surface area (Å²) in [4.78, 5) is 16.5. The van der Waals surface area contributed by atoms with Gasteiger partial charge in [0.15, 0.2) is 0 Å². The number of carbonyl (C=O) groups is 1. The third kappa shape index (κ3) is 3.48. The van der Waals surface area contributed by atoms with Crippen molar-refractivity contribution >= 4 is 11.7 Å². The van der Waals surface area contributed by atoms with Crippen LogP contribution >= 0.6 is 0 Å². The van der Waals surface area contributed by atoms with Gasteiger partial charge < -0.3 is 15.8 Å². The van der Waals surface area contributed by atoms with E-state index in [1.165, 1.54) is 0 Å². The number of aromatic nitrogens is 1. The summed E-state index contributed by atoms with van der Waals surface area (Å²) in [5.41, 5.74) is 6.91. The number of amides is 1. The van der Waals surface area contributed by atoms with Crippen molar-refractivity contribution in [2.24, 2.45) is 0 Å². The molecular weight excluding hydrogens is 254 g/mol. The van der Waals surface area contributed by atoms with E-state index in [4.69, 9.17) is 10.5 Å². The molecule has 1 saturated heterocycles. The van der Waals surface area contributed by atoms with E-state index in [1.54, 1.807) is 12.1 Å².